The van der Waals surface area contributed by atoms with E-state index < -0.39 is 6.10 Å². The summed E-state index contributed by atoms with van der Waals surface area (Å²) in [4.78, 5) is 12.5. The maximum Gasteiger partial charge on any atom is 0.223 e. The number of aromatic nitrogens is 1. The van der Waals surface area contributed by atoms with E-state index in [1.54, 1.807) is 22.9 Å². The zero-order valence-electron chi connectivity index (χ0n) is 14.6. The minimum absolute atomic E-state index is 0.0882. The maximum absolute atomic E-state index is 12.5. The Morgan fingerprint density at radius 2 is 1.74 bits per heavy atom. The van der Waals surface area contributed by atoms with E-state index in [1.165, 1.54) is 6.07 Å². The summed E-state index contributed by atoms with van der Waals surface area (Å²) >= 11 is 3.37. The monoisotopic (exact) mass is 429 g/mol. The van der Waals surface area contributed by atoms with Crippen LogP contribution in [0.15, 0.2) is 76.1 Å². The lowest BCUT2D eigenvalue weighted by Crippen LogP contribution is -2.21. The third-order valence-corrected chi connectivity index (χ3v) is 4.71. The Kier molecular flexibility index (Phi) is 6.45. The summed E-state index contributed by atoms with van der Waals surface area (Å²) in [5.41, 5.74) is 1.56. The average Bonchev–Trinajstić information content (AvgIpc) is 2.69. The van der Waals surface area contributed by atoms with Gasteiger partial charge in [0.05, 0.1) is 12.3 Å². The van der Waals surface area contributed by atoms with E-state index in [2.05, 4.69) is 15.9 Å². The number of aliphatic hydroxyl groups is 2. The molecule has 0 spiro atoms. The highest BCUT2D eigenvalue weighted by Crippen LogP contribution is 2.29. The first kappa shape index (κ1) is 19.4. The number of aliphatic hydroxyl groups excluding tert-OH is 2. The molecule has 0 radical (unpaired) electrons. The van der Waals surface area contributed by atoms with Crippen LogP contribution >= 0.6 is 15.9 Å². The van der Waals surface area contributed by atoms with Crippen molar-refractivity contribution in [2.24, 2.45) is 0 Å². The smallest absolute Gasteiger partial charge is 0.223 e. The Labute approximate surface area is 165 Å². The molecule has 0 aliphatic carbocycles. The van der Waals surface area contributed by atoms with E-state index in [0.29, 0.717) is 11.3 Å². The Balaban J connectivity index is 2.01. The number of ether oxygens (including phenoxy) is 1. The van der Waals surface area contributed by atoms with Crippen molar-refractivity contribution >= 4 is 15.9 Å². The van der Waals surface area contributed by atoms with E-state index in [1.807, 2.05) is 42.5 Å². The highest BCUT2D eigenvalue weighted by molar-refractivity contribution is 9.10. The molecule has 27 heavy (non-hydrogen) atoms. The predicted octanol–water partition coefficient (Wildman–Crippen LogP) is 3.26. The quantitative estimate of drug-likeness (QED) is 0.604. The molecule has 0 aliphatic heterocycles. The molecule has 3 rings (SSSR count). The fraction of sp³-hybridized carbons (Fsp3) is 0.190. The lowest BCUT2D eigenvalue weighted by molar-refractivity contribution is 0.190. The minimum atomic E-state index is -1.07. The van der Waals surface area contributed by atoms with Crippen molar-refractivity contribution in [1.82, 2.24) is 4.57 Å². The first-order valence-electron chi connectivity index (χ1n) is 8.54. The molecule has 0 saturated heterocycles. The van der Waals surface area contributed by atoms with Crippen molar-refractivity contribution in [3.8, 4) is 5.75 Å². The van der Waals surface area contributed by atoms with Gasteiger partial charge in [-0.2, -0.15) is 0 Å². The van der Waals surface area contributed by atoms with Gasteiger partial charge in [0.2, 0.25) is 5.43 Å². The lowest BCUT2D eigenvalue weighted by Gasteiger charge is -2.21. The summed E-state index contributed by atoms with van der Waals surface area (Å²) in [6.45, 7) is 0.325. The van der Waals surface area contributed by atoms with Gasteiger partial charge < -0.3 is 19.5 Å². The molecule has 0 amide bonds. The molecule has 140 valence electrons. The van der Waals surface area contributed by atoms with Crippen LogP contribution in [0.3, 0.4) is 0 Å². The van der Waals surface area contributed by atoms with Crippen molar-refractivity contribution in [2.45, 2.75) is 19.3 Å². The lowest BCUT2D eigenvalue weighted by atomic mass is 10.0. The molecule has 6 heteroatoms. The van der Waals surface area contributed by atoms with Crippen LogP contribution < -0.4 is 10.2 Å². The standard InChI is InChI=1S/C21H20BrNO4/c22-17-8-6-16(7-9-17)20(26)19-21(18(25)10-11-23(19)12-13-24)27-14-15-4-2-1-3-5-15/h1-11,20,24,26H,12-14H2. The number of pyridine rings is 1. The minimum Gasteiger partial charge on any atom is -0.483 e. The molecule has 1 atom stereocenters. The van der Waals surface area contributed by atoms with Gasteiger partial charge in [-0.25, -0.2) is 0 Å². The summed E-state index contributed by atoms with van der Waals surface area (Å²) in [6, 6.07) is 18.1. The first-order chi connectivity index (χ1) is 13.1. The highest BCUT2D eigenvalue weighted by atomic mass is 79.9. The molecule has 1 aromatic heterocycles. The fourth-order valence-corrected chi connectivity index (χ4v) is 3.10. The van der Waals surface area contributed by atoms with Crippen LogP contribution in [0.5, 0.6) is 5.75 Å². The second-order valence-electron chi connectivity index (χ2n) is 6.04. The molecule has 0 bridgehead atoms. The van der Waals surface area contributed by atoms with Gasteiger partial charge in [-0.05, 0) is 23.3 Å². The maximum atomic E-state index is 12.5. The van der Waals surface area contributed by atoms with E-state index >= 15 is 0 Å². The second-order valence-corrected chi connectivity index (χ2v) is 6.96. The number of benzene rings is 2. The molecule has 2 aromatic carbocycles. The largest absolute Gasteiger partial charge is 0.483 e. The topological polar surface area (TPSA) is 71.7 Å². The van der Waals surface area contributed by atoms with Gasteiger partial charge in [-0.3, -0.25) is 4.79 Å². The van der Waals surface area contributed by atoms with Crippen molar-refractivity contribution < 1.29 is 14.9 Å². The van der Waals surface area contributed by atoms with Gasteiger partial charge in [0, 0.05) is 23.3 Å². The average molecular weight is 430 g/mol. The zero-order valence-corrected chi connectivity index (χ0v) is 16.2. The van der Waals surface area contributed by atoms with Crippen LogP contribution in [0.2, 0.25) is 0 Å². The zero-order chi connectivity index (χ0) is 19.2. The van der Waals surface area contributed by atoms with E-state index in [4.69, 9.17) is 4.74 Å². The predicted molar refractivity (Wildman–Crippen MR) is 107 cm³/mol. The van der Waals surface area contributed by atoms with Gasteiger partial charge in [-0.1, -0.05) is 58.4 Å². The SMILES string of the molecule is O=c1ccn(CCO)c(C(O)c2ccc(Br)cc2)c1OCc1ccccc1. The van der Waals surface area contributed by atoms with Gasteiger partial charge in [0.25, 0.3) is 0 Å². The molecule has 5 nitrogen and oxygen atoms in total. The highest BCUT2D eigenvalue weighted by Gasteiger charge is 2.22. The Morgan fingerprint density at radius 3 is 2.41 bits per heavy atom. The summed E-state index contributed by atoms with van der Waals surface area (Å²) < 4.78 is 8.36. The number of halogens is 1. The van der Waals surface area contributed by atoms with Crippen molar-refractivity contribution in [3.63, 3.8) is 0 Å². The molecular weight excluding hydrogens is 410 g/mol. The fourth-order valence-electron chi connectivity index (χ4n) is 2.83. The molecule has 1 unspecified atom stereocenters. The number of hydrogen-bond donors (Lipinski definition) is 2. The van der Waals surface area contributed by atoms with Gasteiger partial charge in [-0.15, -0.1) is 0 Å². The van der Waals surface area contributed by atoms with Crippen LogP contribution in [0.25, 0.3) is 0 Å². The van der Waals surface area contributed by atoms with Gasteiger partial charge in [0.1, 0.15) is 12.7 Å². The van der Waals surface area contributed by atoms with E-state index in [9.17, 15) is 15.0 Å². The summed E-state index contributed by atoms with van der Waals surface area (Å²) in [6.07, 6.45) is 0.495. The first-order valence-corrected chi connectivity index (χ1v) is 9.34. The molecule has 3 aromatic rings. The van der Waals surface area contributed by atoms with Crippen molar-refractivity contribution in [3.05, 3.63) is 98.4 Å². The van der Waals surface area contributed by atoms with E-state index in [-0.39, 0.29) is 30.9 Å². The van der Waals surface area contributed by atoms with Crippen molar-refractivity contribution in [2.75, 3.05) is 6.61 Å². The molecule has 0 saturated carbocycles. The third kappa shape index (κ3) is 4.66. The molecular formula is C21H20BrNO4. The molecule has 0 fully saturated rings. The normalized spacial score (nSPS) is 12.0. The number of nitrogens with zero attached hydrogens (tertiary/aromatic N) is 1. The Morgan fingerprint density at radius 1 is 1.04 bits per heavy atom. The Bertz CT molecular complexity index is 939. The van der Waals surface area contributed by atoms with Crippen LogP contribution in [-0.4, -0.2) is 21.4 Å². The number of rotatable bonds is 7. The van der Waals surface area contributed by atoms with Crippen LogP contribution in [-0.2, 0) is 13.2 Å². The van der Waals surface area contributed by atoms with Crippen molar-refractivity contribution in [1.29, 1.82) is 0 Å². The summed E-state index contributed by atoms with van der Waals surface area (Å²) in [5.74, 6) is 0.0882. The van der Waals surface area contributed by atoms with Crippen LogP contribution in [0.4, 0.5) is 0 Å². The second kappa shape index (κ2) is 8.99. The van der Waals surface area contributed by atoms with Crippen LogP contribution in [0, 0.1) is 0 Å². The molecule has 2 N–H and O–H groups in total. The third-order valence-electron chi connectivity index (χ3n) is 4.18. The summed E-state index contributed by atoms with van der Waals surface area (Å²) in [7, 11) is 0. The number of hydrogen-bond acceptors (Lipinski definition) is 4. The molecule has 1 heterocycles. The van der Waals surface area contributed by atoms with Gasteiger partial charge >= 0.3 is 0 Å². The van der Waals surface area contributed by atoms with E-state index in [0.717, 1.165) is 10.0 Å². The van der Waals surface area contributed by atoms with Gasteiger partial charge in [0.15, 0.2) is 5.75 Å². The summed E-state index contributed by atoms with van der Waals surface area (Å²) in [5, 5.41) is 20.3. The molecule has 0 aliphatic rings. The Hall–Kier alpha value is -2.41. The van der Waals surface area contributed by atoms with Crippen LogP contribution in [0.1, 0.15) is 22.9 Å².